The zero-order chi connectivity index (χ0) is 22.8. The number of carbonyl (C=O) groups excluding carboxylic acids is 1. The van der Waals surface area contributed by atoms with Crippen LogP contribution in [-0.4, -0.2) is 50.6 Å². The molecule has 0 aromatic heterocycles. The van der Waals surface area contributed by atoms with Crippen LogP contribution in [0.25, 0.3) is 0 Å². The number of aliphatic imine (C=N–C) groups is 1. The van der Waals surface area contributed by atoms with Gasteiger partial charge in [0.05, 0.1) is 26.3 Å². The molecule has 1 saturated carbocycles. The van der Waals surface area contributed by atoms with Crippen LogP contribution in [0.1, 0.15) is 36.8 Å². The van der Waals surface area contributed by atoms with Gasteiger partial charge in [0, 0.05) is 26.2 Å². The van der Waals surface area contributed by atoms with Crippen LogP contribution in [0.2, 0.25) is 0 Å². The fourth-order valence-corrected chi connectivity index (χ4v) is 3.59. The first-order valence-electron chi connectivity index (χ1n) is 11.2. The van der Waals surface area contributed by atoms with Gasteiger partial charge in [0.15, 0.2) is 17.5 Å². The Bertz CT molecular complexity index is 900. The summed E-state index contributed by atoms with van der Waals surface area (Å²) in [5.74, 6) is 2.06. The van der Waals surface area contributed by atoms with Gasteiger partial charge in [-0.15, -0.1) is 24.0 Å². The lowest BCUT2D eigenvalue weighted by Crippen LogP contribution is -2.42. The smallest absolute Gasteiger partial charge is 0.241 e. The van der Waals surface area contributed by atoms with Crippen molar-refractivity contribution in [2.45, 2.75) is 44.9 Å². The molecule has 0 bridgehead atoms. The maximum absolute atomic E-state index is 12.1. The number of hydrogen-bond acceptors (Lipinski definition) is 4. The summed E-state index contributed by atoms with van der Waals surface area (Å²) in [6, 6.07) is 15.9. The predicted molar refractivity (Wildman–Crippen MR) is 142 cm³/mol. The number of likely N-dealkylation sites (N-methyl/N-ethyl adjacent to an activating group) is 1. The zero-order valence-corrected chi connectivity index (χ0v) is 22.0. The van der Waals surface area contributed by atoms with Crippen molar-refractivity contribution in [3.8, 4) is 11.5 Å². The Hall–Kier alpha value is -2.49. The molecule has 0 unspecified atom stereocenters. The van der Waals surface area contributed by atoms with Gasteiger partial charge in [-0.3, -0.25) is 4.79 Å². The molecule has 0 saturated heterocycles. The van der Waals surface area contributed by atoms with Crippen molar-refractivity contribution in [1.82, 2.24) is 15.5 Å². The molecule has 1 fully saturated rings. The first-order valence-corrected chi connectivity index (χ1v) is 11.2. The normalized spacial score (nSPS) is 13.7. The highest BCUT2D eigenvalue weighted by Crippen LogP contribution is 2.34. The lowest BCUT2D eigenvalue weighted by atomic mass is 10.1. The van der Waals surface area contributed by atoms with Gasteiger partial charge in [-0.1, -0.05) is 42.5 Å². The molecule has 2 N–H and O–H groups in total. The van der Waals surface area contributed by atoms with Crippen LogP contribution < -0.4 is 20.1 Å². The first kappa shape index (κ1) is 26.8. The second-order valence-electron chi connectivity index (χ2n) is 8.12. The van der Waals surface area contributed by atoms with Crippen molar-refractivity contribution in [2.24, 2.45) is 4.99 Å². The van der Waals surface area contributed by atoms with Crippen molar-refractivity contribution < 1.29 is 14.3 Å². The molecule has 0 spiro atoms. The molecule has 1 aliphatic carbocycles. The van der Waals surface area contributed by atoms with Gasteiger partial charge in [-0.05, 0) is 37.3 Å². The second kappa shape index (κ2) is 13.9. The van der Waals surface area contributed by atoms with E-state index in [1.165, 1.54) is 12.8 Å². The van der Waals surface area contributed by atoms with Crippen molar-refractivity contribution in [3.63, 3.8) is 0 Å². The number of nitrogens with one attached hydrogen (secondary N) is 2. The molecule has 1 aliphatic rings. The zero-order valence-electron chi connectivity index (χ0n) is 19.7. The SMILES string of the molecule is COc1cccc(CNC(=NCc2ccccc2)NCC(=O)N(C)C)c1OC1CCCC1.I. The van der Waals surface area contributed by atoms with Gasteiger partial charge in [-0.2, -0.15) is 0 Å². The summed E-state index contributed by atoms with van der Waals surface area (Å²) in [5.41, 5.74) is 2.09. The summed E-state index contributed by atoms with van der Waals surface area (Å²) in [6.45, 7) is 1.17. The van der Waals surface area contributed by atoms with Gasteiger partial charge < -0.3 is 25.0 Å². The number of carbonyl (C=O) groups is 1. The van der Waals surface area contributed by atoms with Gasteiger partial charge in [0.25, 0.3) is 0 Å². The minimum Gasteiger partial charge on any atom is -0.493 e. The van der Waals surface area contributed by atoms with E-state index in [9.17, 15) is 4.79 Å². The Morgan fingerprint density at radius 3 is 2.45 bits per heavy atom. The van der Waals surface area contributed by atoms with Crippen molar-refractivity contribution in [3.05, 3.63) is 59.7 Å². The fourth-order valence-electron chi connectivity index (χ4n) is 3.59. The van der Waals surface area contributed by atoms with Crippen molar-refractivity contribution in [1.29, 1.82) is 0 Å². The van der Waals surface area contributed by atoms with Crippen molar-refractivity contribution in [2.75, 3.05) is 27.7 Å². The van der Waals surface area contributed by atoms with E-state index in [0.717, 1.165) is 35.5 Å². The lowest BCUT2D eigenvalue weighted by Gasteiger charge is -2.20. The Balaban J connectivity index is 0.00000385. The van der Waals surface area contributed by atoms with E-state index in [1.54, 1.807) is 26.1 Å². The maximum atomic E-state index is 12.1. The third-order valence-electron chi connectivity index (χ3n) is 5.48. The van der Waals surface area contributed by atoms with Crippen LogP contribution in [0.5, 0.6) is 11.5 Å². The minimum atomic E-state index is -0.0224. The van der Waals surface area contributed by atoms with Crippen LogP contribution in [0, 0.1) is 0 Å². The lowest BCUT2D eigenvalue weighted by molar-refractivity contribution is -0.127. The predicted octanol–water partition coefficient (Wildman–Crippen LogP) is 3.96. The summed E-state index contributed by atoms with van der Waals surface area (Å²) in [6.07, 6.45) is 4.78. The summed E-state index contributed by atoms with van der Waals surface area (Å²) < 4.78 is 11.9. The van der Waals surface area contributed by atoms with Crippen LogP contribution in [0.15, 0.2) is 53.5 Å². The van der Waals surface area contributed by atoms with Gasteiger partial charge in [-0.25, -0.2) is 4.99 Å². The number of ether oxygens (including phenoxy) is 2. The number of hydrogen-bond donors (Lipinski definition) is 2. The quantitative estimate of drug-likeness (QED) is 0.273. The van der Waals surface area contributed by atoms with E-state index in [-0.39, 0.29) is 42.5 Å². The monoisotopic (exact) mass is 566 g/mol. The number of para-hydroxylation sites is 1. The highest BCUT2D eigenvalue weighted by atomic mass is 127. The van der Waals surface area contributed by atoms with Gasteiger partial charge in [0.1, 0.15) is 0 Å². The highest BCUT2D eigenvalue weighted by molar-refractivity contribution is 14.0. The molecule has 2 aromatic rings. The largest absolute Gasteiger partial charge is 0.493 e. The molecule has 180 valence electrons. The molecule has 8 heteroatoms. The average molecular weight is 566 g/mol. The number of amides is 1. The molecule has 0 heterocycles. The van der Waals surface area contributed by atoms with E-state index in [0.29, 0.717) is 19.0 Å². The number of methoxy groups -OCH3 is 1. The third kappa shape index (κ3) is 8.42. The number of guanidine groups is 1. The van der Waals surface area contributed by atoms with Gasteiger partial charge >= 0.3 is 0 Å². The number of nitrogens with zero attached hydrogens (tertiary/aromatic N) is 2. The average Bonchev–Trinajstić information content (AvgIpc) is 3.32. The maximum Gasteiger partial charge on any atom is 0.241 e. The number of rotatable bonds is 9. The molecule has 0 aliphatic heterocycles. The Labute approximate surface area is 214 Å². The van der Waals surface area contributed by atoms with Crippen molar-refractivity contribution >= 4 is 35.8 Å². The Morgan fingerprint density at radius 2 is 1.79 bits per heavy atom. The van der Waals surface area contributed by atoms with Crippen LogP contribution in [-0.2, 0) is 17.9 Å². The minimum absolute atomic E-state index is 0. The van der Waals surface area contributed by atoms with Crippen LogP contribution in [0.4, 0.5) is 0 Å². The van der Waals surface area contributed by atoms with Gasteiger partial charge in [0.2, 0.25) is 5.91 Å². The molecule has 0 atom stereocenters. The molecule has 33 heavy (non-hydrogen) atoms. The van der Waals surface area contributed by atoms with E-state index < -0.39 is 0 Å². The molecule has 0 radical (unpaired) electrons. The molecule has 7 nitrogen and oxygen atoms in total. The molecular formula is C25H35IN4O3. The highest BCUT2D eigenvalue weighted by Gasteiger charge is 2.20. The summed E-state index contributed by atoms with van der Waals surface area (Å²) in [4.78, 5) is 18.3. The summed E-state index contributed by atoms with van der Waals surface area (Å²) >= 11 is 0. The molecule has 3 rings (SSSR count). The van der Waals surface area contributed by atoms with Crippen LogP contribution >= 0.6 is 24.0 Å². The van der Waals surface area contributed by atoms with Crippen LogP contribution in [0.3, 0.4) is 0 Å². The Kier molecular flexibility index (Phi) is 11.3. The second-order valence-corrected chi connectivity index (χ2v) is 8.12. The topological polar surface area (TPSA) is 75.2 Å². The number of halogens is 1. The van der Waals surface area contributed by atoms with E-state index in [4.69, 9.17) is 9.47 Å². The molecular weight excluding hydrogens is 531 g/mol. The standard InChI is InChI=1S/C25H34N4O3.HI/c1-29(2)23(30)18-28-25(26-16-19-10-5-4-6-11-19)27-17-20-12-9-15-22(31-3)24(20)32-21-13-7-8-14-21;/h4-6,9-12,15,21H,7-8,13-14,16-18H2,1-3H3,(H2,26,27,28);1H. The van der Waals surface area contributed by atoms with E-state index in [1.807, 2.05) is 48.5 Å². The van der Waals surface area contributed by atoms with E-state index in [2.05, 4.69) is 15.6 Å². The summed E-state index contributed by atoms with van der Waals surface area (Å²) in [7, 11) is 5.14. The fraction of sp³-hybridized carbons (Fsp3) is 0.440. The molecule has 1 amide bonds. The molecule has 2 aromatic carbocycles. The van der Waals surface area contributed by atoms with E-state index >= 15 is 0 Å². The number of benzene rings is 2. The third-order valence-corrected chi connectivity index (χ3v) is 5.48. The first-order chi connectivity index (χ1) is 15.6. The summed E-state index contributed by atoms with van der Waals surface area (Å²) in [5, 5.41) is 6.49. The Morgan fingerprint density at radius 1 is 1.06 bits per heavy atom.